The summed E-state index contributed by atoms with van der Waals surface area (Å²) in [6.45, 7) is 0. The van der Waals surface area contributed by atoms with Crippen molar-refractivity contribution in [2.75, 3.05) is 11.5 Å². The molecule has 0 amide bonds. The number of anilines is 2. The predicted molar refractivity (Wildman–Crippen MR) is 57.1 cm³/mol. The number of imidazole rings is 1. The quantitative estimate of drug-likeness (QED) is 0.549. The van der Waals surface area contributed by atoms with Crippen molar-refractivity contribution < 1.29 is 0 Å². The molecule has 0 saturated heterocycles. The number of fused-ring (bicyclic) bond motifs is 3. The summed E-state index contributed by atoms with van der Waals surface area (Å²) in [5.74, 6) is 0.885. The third kappa shape index (κ3) is 1.01. The number of hydrogen-bond acceptors (Lipinski definition) is 5. The second-order valence-electron chi connectivity index (χ2n) is 3.22. The molecule has 74 valence electrons. The van der Waals surface area contributed by atoms with Crippen LogP contribution in [0.4, 0.5) is 11.6 Å². The van der Waals surface area contributed by atoms with Crippen LogP contribution >= 0.6 is 0 Å². The van der Waals surface area contributed by atoms with Crippen molar-refractivity contribution in [1.82, 2.24) is 19.4 Å². The first-order chi connectivity index (χ1) is 7.25. The van der Waals surface area contributed by atoms with Crippen molar-refractivity contribution in [3.8, 4) is 0 Å². The van der Waals surface area contributed by atoms with Crippen molar-refractivity contribution in [1.29, 1.82) is 0 Å². The molecule has 0 aliphatic rings. The van der Waals surface area contributed by atoms with Gasteiger partial charge in [-0.3, -0.25) is 4.40 Å². The fraction of sp³-hybridized carbons (Fsp3) is 0. The van der Waals surface area contributed by atoms with E-state index in [-0.39, 0.29) is 0 Å². The first-order valence-electron chi connectivity index (χ1n) is 4.39. The molecule has 3 aromatic heterocycles. The Bertz CT molecular complexity index is 656. The van der Waals surface area contributed by atoms with E-state index in [1.807, 2.05) is 0 Å². The van der Waals surface area contributed by atoms with Gasteiger partial charge in [0, 0.05) is 0 Å². The van der Waals surface area contributed by atoms with Crippen LogP contribution < -0.4 is 11.5 Å². The van der Waals surface area contributed by atoms with Gasteiger partial charge in [-0.25, -0.2) is 15.0 Å². The number of nitrogens with two attached hydrogens (primary N) is 2. The molecular formula is C9H8N6. The van der Waals surface area contributed by atoms with Crippen LogP contribution in [0.5, 0.6) is 0 Å². The zero-order chi connectivity index (χ0) is 10.4. The lowest BCUT2D eigenvalue weighted by Crippen LogP contribution is -2.00. The van der Waals surface area contributed by atoms with E-state index in [1.54, 1.807) is 29.1 Å². The van der Waals surface area contributed by atoms with E-state index in [1.165, 1.54) is 0 Å². The van der Waals surface area contributed by atoms with Crippen molar-refractivity contribution >= 4 is 28.3 Å². The number of nitrogens with zero attached hydrogens (tertiary/aromatic N) is 4. The molecule has 15 heavy (non-hydrogen) atoms. The maximum atomic E-state index is 5.77. The van der Waals surface area contributed by atoms with Gasteiger partial charge in [0.2, 0.25) is 0 Å². The van der Waals surface area contributed by atoms with Gasteiger partial charge >= 0.3 is 0 Å². The first-order valence-corrected chi connectivity index (χ1v) is 4.39. The molecule has 0 aliphatic carbocycles. The Hall–Kier alpha value is -2.37. The average molecular weight is 200 g/mol. The second kappa shape index (κ2) is 2.57. The summed E-state index contributed by atoms with van der Waals surface area (Å²) in [5.41, 5.74) is 13.5. The standard InChI is InChI=1S/C9H8N6/c10-7-2-1-5-9(14-7)15-4-12-3-6(15)8(11)13-5/h1-4H,(H2,10,14)(H2,11,13). The van der Waals surface area contributed by atoms with Gasteiger partial charge in [0.25, 0.3) is 0 Å². The van der Waals surface area contributed by atoms with E-state index in [9.17, 15) is 0 Å². The highest BCUT2D eigenvalue weighted by molar-refractivity contribution is 5.81. The minimum absolute atomic E-state index is 0.437. The van der Waals surface area contributed by atoms with Crippen LogP contribution in [0.1, 0.15) is 0 Å². The molecule has 0 saturated carbocycles. The molecule has 3 heterocycles. The molecule has 6 heteroatoms. The lowest BCUT2D eigenvalue weighted by Gasteiger charge is -2.03. The Morgan fingerprint density at radius 2 is 2.00 bits per heavy atom. The Kier molecular flexibility index (Phi) is 1.37. The first kappa shape index (κ1) is 7.98. The highest BCUT2D eigenvalue weighted by Crippen LogP contribution is 2.18. The highest BCUT2D eigenvalue weighted by atomic mass is 15.1. The largest absolute Gasteiger partial charge is 0.384 e. The number of rotatable bonds is 0. The van der Waals surface area contributed by atoms with Crippen LogP contribution in [0.25, 0.3) is 16.7 Å². The molecule has 0 spiro atoms. The summed E-state index contributed by atoms with van der Waals surface area (Å²) in [6, 6.07) is 3.48. The van der Waals surface area contributed by atoms with Gasteiger partial charge in [-0.05, 0) is 12.1 Å². The zero-order valence-electron chi connectivity index (χ0n) is 7.75. The van der Waals surface area contributed by atoms with Crippen molar-refractivity contribution in [3.63, 3.8) is 0 Å². The van der Waals surface area contributed by atoms with E-state index in [0.29, 0.717) is 22.8 Å². The Morgan fingerprint density at radius 3 is 2.87 bits per heavy atom. The highest BCUT2D eigenvalue weighted by Gasteiger charge is 2.06. The average Bonchev–Trinajstić information content (AvgIpc) is 2.69. The lowest BCUT2D eigenvalue weighted by molar-refractivity contribution is 1.15. The third-order valence-corrected chi connectivity index (χ3v) is 2.25. The van der Waals surface area contributed by atoms with Crippen LogP contribution in [-0.4, -0.2) is 19.4 Å². The summed E-state index contributed by atoms with van der Waals surface area (Å²) >= 11 is 0. The van der Waals surface area contributed by atoms with E-state index in [0.717, 1.165) is 5.52 Å². The topological polar surface area (TPSA) is 95.1 Å². The maximum absolute atomic E-state index is 5.77. The molecule has 4 N–H and O–H groups in total. The number of hydrogen-bond donors (Lipinski definition) is 2. The molecule has 0 fully saturated rings. The molecule has 0 aromatic carbocycles. The Labute approximate surface area is 84.6 Å². The predicted octanol–water partition coefficient (Wildman–Crippen LogP) is 0.442. The number of nitrogen functional groups attached to an aromatic ring is 2. The Morgan fingerprint density at radius 1 is 1.13 bits per heavy atom. The molecule has 0 atom stereocenters. The van der Waals surface area contributed by atoms with Crippen LogP contribution in [0.2, 0.25) is 0 Å². The summed E-state index contributed by atoms with van der Waals surface area (Å²) in [4.78, 5) is 12.4. The minimum Gasteiger partial charge on any atom is -0.384 e. The molecule has 0 unspecified atom stereocenters. The molecule has 0 radical (unpaired) electrons. The van der Waals surface area contributed by atoms with Gasteiger partial charge in [-0.2, -0.15) is 0 Å². The van der Waals surface area contributed by atoms with E-state index in [4.69, 9.17) is 11.5 Å². The van der Waals surface area contributed by atoms with Crippen molar-refractivity contribution in [2.24, 2.45) is 0 Å². The molecule has 0 aliphatic heterocycles. The van der Waals surface area contributed by atoms with Gasteiger partial charge in [0.1, 0.15) is 29.0 Å². The molecule has 0 bridgehead atoms. The number of aromatic nitrogens is 4. The summed E-state index contributed by atoms with van der Waals surface area (Å²) < 4.78 is 1.77. The lowest BCUT2D eigenvalue weighted by atomic mass is 10.4. The second-order valence-corrected chi connectivity index (χ2v) is 3.22. The van der Waals surface area contributed by atoms with Gasteiger partial charge in [0.15, 0.2) is 5.65 Å². The summed E-state index contributed by atoms with van der Waals surface area (Å²) in [5, 5.41) is 0. The summed E-state index contributed by atoms with van der Waals surface area (Å²) in [6.07, 6.45) is 3.29. The van der Waals surface area contributed by atoms with Crippen molar-refractivity contribution in [3.05, 3.63) is 24.7 Å². The SMILES string of the molecule is Nc1ccc2nc(N)c3cncn3c2n1. The van der Waals surface area contributed by atoms with Crippen LogP contribution in [0, 0.1) is 0 Å². The van der Waals surface area contributed by atoms with E-state index >= 15 is 0 Å². The molecule has 6 nitrogen and oxygen atoms in total. The zero-order valence-corrected chi connectivity index (χ0v) is 7.75. The van der Waals surface area contributed by atoms with Gasteiger partial charge in [-0.1, -0.05) is 0 Å². The smallest absolute Gasteiger partial charge is 0.166 e. The van der Waals surface area contributed by atoms with E-state index < -0.39 is 0 Å². The molecular weight excluding hydrogens is 192 g/mol. The fourth-order valence-electron chi connectivity index (χ4n) is 1.56. The van der Waals surface area contributed by atoms with Gasteiger partial charge in [-0.15, -0.1) is 0 Å². The third-order valence-electron chi connectivity index (χ3n) is 2.25. The van der Waals surface area contributed by atoms with Crippen LogP contribution in [0.15, 0.2) is 24.7 Å². The van der Waals surface area contributed by atoms with Crippen molar-refractivity contribution in [2.45, 2.75) is 0 Å². The number of pyridine rings is 1. The normalized spacial score (nSPS) is 11.2. The Balaban J connectivity index is 2.61. The van der Waals surface area contributed by atoms with Crippen LogP contribution in [-0.2, 0) is 0 Å². The fourth-order valence-corrected chi connectivity index (χ4v) is 1.56. The van der Waals surface area contributed by atoms with Gasteiger partial charge in [0.05, 0.1) is 6.20 Å². The molecule has 3 rings (SSSR count). The molecule has 3 aromatic rings. The van der Waals surface area contributed by atoms with Gasteiger partial charge < -0.3 is 11.5 Å². The summed E-state index contributed by atoms with van der Waals surface area (Å²) in [7, 11) is 0. The maximum Gasteiger partial charge on any atom is 0.166 e. The van der Waals surface area contributed by atoms with Crippen LogP contribution in [0.3, 0.4) is 0 Å². The minimum atomic E-state index is 0.437. The monoisotopic (exact) mass is 200 g/mol. The van der Waals surface area contributed by atoms with E-state index in [2.05, 4.69) is 15.0 Å².